The lowest BCUT2D eigenvalue weighted by Gasteiger charge is -2.24. The Kier molecular flexibility index (Phi) is 10.1. The van der Waals surface area contributed by atoms with E-state index < -0.39 is 29.0 Å². The summed E-state index contributed by atoms with van der Waals surface area (Å²) in [6.45, 7) is 25.0. The molecular formula is C55H53F6N3. The molecule has 0 saturated carbocycles. The van der Waals surface area contributed by atoms with Crippen molar-refractivity contribution in [3.05, 3.63) is 142 Å². The van der Waals surface area contributed by atoms with E-state index in [1.54, 1.807) is 12.1 Å². The Bertz CT molecular complexity index is 3090. The van der Waals surface area contributed by atoms with Crippen molar-refractivity contribution >= 4 is 43.6 Å². The molecule has 0 N–H and O–H groups in total. The lowest BCUT2D eigenvalue weighted by Crippen LogP contribution is -2.14. The molecule has 0 fully saturated rings. The maximum absolute atomic E-state index is 15.5. The van der Waals surface area contributed by atoms with Crippen molar-refractivity contribution in [1.29, 1.82) is 5.26 Å². The van der Waals surface area contributed by atoms with Crippen molar-refractivity contribution in [1.82, 2.24) is 9.13 Å². The van der Waals surface area contributed by atoms with E-state index in [4.69, 9.17) is 0 Å². The predicted molar refractivity (Wildman–Crippen MR) is 250 cm³/mol. The molecule has 6 aromatic carbocycles. The highest BCUT2D eigenvalue weighted by molar-refractivity contribution is 6.12. The molecule has 8 rings (SSSR count). The van der Waals surface area contributed by atoms with E-state index in [9.17, 15) is 18.4 Å². The van der Waals surface area contributed by atoms with E-state index in [0.717, 1.165) is 60.9 Å². The van der Waals surface area contributed by atoms with Gasteiger partial charge in [0.1, 0.15) is 6.07 Å². The first-order valence-electron chi connectivity index (χ1n) is 21.5. The topological polar surface area (TPSA) is 33.6 Å². The lowest BCUT2D eigenvalue weighted by atomic mass is 9.86. The van der Waals surface area contributed by atoms with Crippen molar-refractivity contribution in [2.24, 2.45) is 0 Å². The number of nitrogens with zero attached hydrogens (tertiary/aromatic N) is 3. The third-order valence-electron chi connectivity index (χ3n) is 12.7. The number of nitriles is 1. The van der Waals surface area contributed by atoms with E-state index in [1.165, 1.54) is 0 Å². The number of rotatable bonds is 3. The molecule has 330 valence electrons. The van der Waals surface area contributed by atoms with E-state index in [0.29, 0.717) is 22.8 Å². The van der Waals surface area contributed by atoms with Crippen LogP contribution in [0.1, 0.15) is 122 Å². The maximum atomic E-state index is 15.5. The summed E-state index contributed by atoms with van der Waals surface area (Å²) in [6.07, 6.45) is -10.2. The van der Waals surface area contributed by atoms with Gasteiger partial charge in [-0.15, -0.1) is 0 Å². The molecule has 0 radical (unpaired) electrons. The van der Waals surface area contributed by atoms with Gasteiger partial charge in [-0.25, -0.2) is 0 Å². The van der Waals surface area contributed by atoms with Gasteiger partial charge in [0.05, 0.1) is 50.1 Å². The highest BCUT2D eigenvalue weighted by atomic mass is 19.4. The van der Waals surface area contributed by atoms with Gasteiger partial charge in [-0.2, -0.15) is 31.6 Å². The fourth-order valence-corrected chi connectivity index (χ4v) is 8.86. The molecule has 64 heavy (non-hydrogen) atoms. The van der Waals surface area contributed by atoms with Gasteiger partial charge < -0.3 is 9.13 Å². The quantitative estimate of drug-likeness (QED) is 0.163. The van der Waals surface area contributed by atoms with Crippen molar-refractivity contribution in [3.63, 3.8) is 0 Å². The van der Waals surface area contributed by atoms with Gasteiger partial charge in [-0.05, 0) is 98.0 Å². The lowest BCUT2D eigenvalue weighted by molar-refractivity contribution is -0.142. The van der Waals surface area contributed by atoms with Crippen molar-refractivity contribution in [3.8, 4) is 28.6 Å². The van der Waals surface area contributed by atoms with Crippen LogP contribution in [0.2, 0.25) is 0 Å². The van der Waals surface area contributed by atoms with Crippen molar-refractivity contribution < 1.29 is 26.3 Å². The van der Waals surface area contributed by atoms with Crippen LogP contribution in [-0.4, -0.2) is 9.13 Å². The summed E-state index contributed by atoms with van der Waals surface area (Å²) in [6, 6.07) is 32.0. The van der Waals surface area contributed by atoms with Crippen molar-refractivity contribution in [2.45, 2.75) is 117 Å². The average Bonchev–Trinajstić information content (AvgIpc) is 3.69. The zero-order valence-electron chi connectivity index (χ0n) is 38.4. The summed E-state index contributed by atoms with van der Waals surface area (Å²) < 4.78 is 93.1. The first-order chi connectivity index (χ1) is 29.5. The SMILES string of the molecule is CC(C)(C)c1ccc2c3ccc(C(C)(C)C)cc3n(-c3cc(-c4ccc(C(F)(F)F)cc4C(F)(F)F)c(-n4c5cc(C(C)(C)C)ccc5c5ccc(C(C)(C)C)cc54)cc3C#N)c2c1. The Labute approximate surface area is 370 Å². The Hall–Kier alpha value is -6.01. The van der Waals surface area contributed by atoms with E-state index >= 15 is 13.2 Å². The summed E-state index contributed by atoms with van der Waals surface area (Å²) in [5.41, 5.74) is 3.06. The highest BCUT2D eigenvalue weighted by Gasteiger charge is 2.39. The van der Waals surface area contributed by atoms with Crippen LogP contribution in [0, 0.1) is 11.3 Å². The molecule has 0 amide bonds. The fraction of sp³-hybridized carbons (Fsp3) is 0.327. The smallest absolute Gasteiger partial charge is 0.309 e. The van der Waals surface area contributed by atoms with E-state index in [1.807, 2.05) is 57.7 Å². The first-order valence-corrected chi connectivity index (χ1v) is 21.5. The Balaban J connectivity index is 1.62. The van der Waals surface area contributed by atoms with Crippen LogP contribution in [0.15, 0.2) is 103 Å². The Morgan fingerprint density at radius 3 is 1.03 bits per heavy atom. The molecule has 0 aliphatic heterocycles. The number of hydrogen-bond acceptors (Lipinski definition) is 1. The molecule has 0 saturated heterocycles. The number of hydrogen-bond donors (Lipinski definition) is 0. The Morgan fingerprint density at radius 2 is 0.719 bits per heavy atom. The van der Waals surface area contributed by atoms with Gasteiger partial charge in [0.2, 0.25) is 0 Å². The summed E-state index contributed by atoms with van der Waals surface area (Å²) in [4.78, 5) is 0. The van der Waals surface area contributed by atoms with Crippen molar-refractivity contribution in [2.75, 3.05) is 0 Å². The molecule has 0 aliphatic rings. The third-order valence-corrected chi connectivity index (χ3v) is 12.7. The van der Waals surface area contributed by atoms with Gasteiger partial charge in [0.25, 0.3) is 0 Å². The standard InChI is InChI=1S/C55H53F6N3/c1-50(2,3)32-13-19-38-39-20-14-33(51(4,5)6)26-47(39)63(46(38)25-32)44-29-42(37-18-17-36(54(56,57)58)24-43(37)55(59,60)61)45(23-31(44)30-62)64-48-27-34(52(7,8)9)15-21-40(48)41-22-16-35(28-49(41)64)53(10,11)12/h13-29H,1-12H3. The molecule has 0 spiro atoms. The minimum atomic E-state index is -5.18. The van der Waals surface area contributed by atoms with Crippen LogP contribution >= 0.6 is 0 Å². The van der Waals surface area contributed by atoms with Crippen LogP contribution in [-0.2, 0) is 34.0 Å². The minimum absolute atomic E-state index is 0.0186. The number of halogens is 6. The molecule has 2 heterocycles. The van der Waals surface area contributed by atoms with Crippen LogP contribution in [0.5, 0.6) is 0 Å². The molecule has 8 aromatic rings. The molecule has 0 bridgehead atoms. The predicted octanol–water partition coefficient (Wildman–Crippen LogP) is 16.6. The molecule has 3 nitrogen and oxygen atoms in total. The molecule has 0 aliphatic carbocycles. The summed E-state index contributed by atoms with van der Waals surface area (Å²) in [5, 5.41) is 14.7. The monoisotopic (exact) mass is 869 g/mol. The number of alkyl halides is 6. The normalized spacial score (nSPS) is 13.5. The summed E-state index contributed by atoms with van der Waals surface area (Å²) in [7, 11) is 0. The number of fused-ring (bicyclic) bond motifs is 6. The molecule has 9 heteroatoms. The van der Waals surface area contributed by atoms with Gasteiger partial charge in [0.15, 0.2) is 0 Å². The number of benzene rings is 6. The Morgan fingerprint density at radius 1 is 0.375 bits per heavy atom. The van der Waals surface area contributed by atoms with Crippen LogP contribution in [0.3, 0.4) is 0 Å². The largest absolute Gasteiger partial charge is 0.417 e. The first kappa shape index (κ1) is 44.6. The van der Waals surface area contributed by atoms with E-state index in [-0.39, 0.29) is 44.5 Å². The van der Waals surface area contributed by atoms with Gasteiger partial charge in [-0.1, -0.05) is 138 Å². The molecule has 0 atom stereocenters. The van der Waals surface area contributed by atoms with Gasteiger partial charge >= 0.3 is 12.4 Å². The molecule has 2 aromatic heterocycles. The molecule has 0 unspecified atom stereocenters. The average molecular weight is 870 g/mol. The zero-order chi connectivity index (χ0) is 46.9. The minimum Gasteiger partial charge on any atom is -0.309 e. The zero-order valence-corrected chi connectivity index (χ0v) is 38.4. The van der Waals surface area contributed by atoms with Gasteiger partial charge in [0, 0.05) is 27.1 Å². The second kappa shape index (κ2) is 14.5. The van der Waals surface area contributed by atoms with E-state index in [2.05, 4.69) is 113 Å². The highest BCUT2D eigenvalue weighted by Crippen LogP contribution is 2.47. The van der Waals surface area contributed by atoms with Crippen LogP contribution < -0.4 is 0 Å². The number of aromatic nitrogens is 2. The fourth-order valence-electron chi connectivity index (χ4n) is 8.86. The van der Waals surface area contributed by atoms with Gasteiger partial charge in [-0.3, -0.25) is 0 Å². The second-order valence-corrected chi connectivity index (χ2v) is 21.4. The van der Waals surface area contributed by atoms with Crippen LogP contribution in [0.25, 0.3) is 66.1 Å². The molecular weight excluding hydrogens is 817 g/mol. The third kappa shape index (κ3) is 7.63. The summed E-state index contributed by atoms with van der Waals surface area (Å²) >= 11 is 0. The maximum Gasteiger partial charge on any atom is 0.417 e. The summed E-state index contributed by atoms with van der Waals surface area (Å²) in [5.74, 6) is 0. The second-order valence-electron chi connectivity index (χ2n) is 21.4. The van der Waals surface area contributed by atoms with Crippen LogP contribution in [0.4, 0.5) is 26.3 Å².